The molecule has 0 spiro atoms. The first-order chi connectivity index (χ1) is 14.0. The quantitative estimate of drug-likeness (QED) is 0.816. The van der Waals surface area contributed by atoms with Crippen molar-refractivity contribution in [2.24, 2.45) is 11.8 Å². The van der Waals surface area contributed by atoms with Crippen LogP contribution in [0.5, 0.6) is 5.75 Å². The molecule has 2 fully saturated rings. The van der Waals surface area contributed by atoms with E-state index < -0.39 is 0 Å². The van der Waals surface area contributed by atoms with Gasteiger partial charge in [-0.3, -0.25) is 9.59 Å². The van der Waals surface area contributed by atoms with E-state index in [0.29, 0.717) is 19.6 Å². The van der Waals surface area contributed by atoms with Crippen LogP contribution in [-0.4, -0.2) is 36.9 Å². The van der Waals surface area contributed by atoms with Crippen molar-refractivity contribution in [3.63, 3.8) is 0 Å². The maximum absolute atomic E-state index is 13.1. The number of carbonyl (C=O) groups excluding carboxylic acids is 2. The largest absolute Gasteiger partial charge is 0.497 e. The van der Waals surface area contributed by atoms with Gasteiger partial charge in [0.2, 0.25) is 11.8 Å². The summed E-state index contributed by atoms with van der Waals surface area (Å²) in [4.78, 5) is 27.4. The van der Waals surface area contributed by atoms with Gasteiger partial charge in [-0.1, -0.05) is 24.3 Å². The molecule has 0 bridgehead atoms. The second kappa shape index (κ2) is 8.23. The number of amides is 2. The number of methoxy groups -OCH3 is 1. The predicted molar refractivity (Wildman–Crippen MR) is 107 cm³/mol. The lowest BCUT2D eigenvalue weighted by Gasteiger charge is -2.18. The SMILES string of the molecule is COc1ccc([C@@H]2CN(C(=O)C3CC3)C[C@H]2C(=O)NCc2ccc(F)cc2)cc1. The molecular formula is C23H25FN2O3. The van der Waals surface area contributed by atoms with Crippen LogP contribution in [0.2, 0.25) is 0 Å². The van der Waals surface area contributed by atoms with Crippen LogP contribution in [0.25, 0.3) is 0 Å². The van der Waals surface area contributed by atoms with Crippen molar-refractivity contribution in [1.82, 2.24) is 10.2 Å². The Bertz CT molecular complexity index is 878. The summed E-state index contributed by atoms with van der Waals surface area (Å²) < 4.78 is 18.3. The van der Waals surface area contributed by atoms with Gasteiger partial charge in [-0.05, 0) is 48.2 Å². The Kier molecular flexibility index (Phi) is 5.51. The first kappa shape index (κ1) is 19.4. The van der Waals surface area contributed by atoms with Gasteiger partial charge < -0.3 is 15.0 Å². The summed E-state index contributed by atoms with van der Waals surface area (Å²) in [6.07, 6.45) is 1.90. The van der Waals surface area contributed by atoms with Gasteiger partial charge in [0.25, 0.3) is 0 Å². The minimum absolute atomic E-state index is 0.0585. The van der Waals surface area contributed by atoms with Crippen LogP contribution >= 0.6 is 0 Å². The average molecular weight is 396 g/mol. The number of ether oxygens (including phenoxy) is 1. The zero-order valence-corrected chi connectivity index (χ0v) is 16.4. The number of nitrogens with one attached hydrogen (secondary N) is 1. The van der Waals surface area contributed by atoms with E-state index in [4.69, 9.17) is 4.74 Å². The Labute approximate surface area is 169 Å². The van der Waals surface area contributed by atoms with Crippen molar-refractivity contribution in [3.05, 3.63) is 65.5 Å². The molecule has 1 aliphatic carbocycles. The van der Waals surface area contributed by atoms with Gasteiger partial charge in [-0.15, -0.1) is 0 Å². The number of benzene rings is 2. The normalized spacial score (nSPS) is 21.1. The summed E-state index contributed by atoms with van der Waals surface area (Å²) in [6.45, 7) is 1.32. The fourth-order valence-corrected chi connectivity index (χ4v) is 3.95. The van der Waals surface area contributed by atoms with Crippen LogP contribution in [0.15, 0.2) is 48.5 Å². The van der Waals surface area contributed by atoms with E-state index >= 15 is 0 Å². The van der Waals surface area contributed by atoms with Crippen molar-refractivity contribution >= 4 is 11.8 Å². The average Bonchev–Trinajstić information content (AvgIpc) is 3.50. The first-order valence-electron chi connectivity index (χ1n) is 10.00. The lowest BCUT2D eigenvalue weighted by molar-refractivity contribution is -0.132. The number of nitrogens with zero attached hydrogens (tertiary/aromatic N) is 1. The Morgan fingerprint density at radius 1 is 1.07 bits per heavy atom. The van der Waals surface area contributed by atoms with Crippen LogP contribution in [0.4, 0.5) is 4.39 Å². The zero-order chi connectivity index (χ0) is 20.4. The molecule has 152 valence electrons. The third kappa shape index (κ3) is 4.42. The molecule has 2 amide bonds. The number of rotatable bonds is 6. The van der Waals surface area contributed by atoms with E-state index in [0.717, 1.165) is 29.7 Å². The summed E-state index contributed by atoms with van der Waals surface area (Å²) >= 11 is 0. The minimum atomic E-state index is -0.313. The van der Waals surface area contributed by atoms with Crippen LogP contribution in [0.1, 0.15) is 29.9 Å². The third-order valence-electron chi connectivity index (χ3n) is 5.82. The molecule has 1 aliphatic heterocycles. The fraction of sp³-hybridized carbons (Fsp3) is 0.391. The topological polar surface area (TPSA) is 58.6 Å². The Hall–Kier alpha value is -2.89. The third-order valence-corrected chi connectivity index (χ3v) is 5.82. The van der Waals surface area contributed by atoms with E-state index in [1.807, 2.05) is 29.2 Å². The summed E-state index contributed by atoms with van der Waals surface area (Å²) in [5, 5.41) is 2.96. The molecule has 1 saturated carbocycles. The number of hydrogen-bond donors (Lipinski definition) is 1. The van der Waals surface area contributed by atoms with Crippen LogP contribution in [-0.2, 0) is 16.1 Å². The van der Waals surface area contributed by atoms with Gasteiger partial charge in [0.1, 0.15) is 11.6 Å². The standard InChI is InChI=1S/C23H25FN2O3/c1-29-19-10-6-16(7-11-19)20-13-26(23(28)17-4-5-17)14-21(20)22(27)25-12-15-2-8-18(24)9-3-15/h2-3,6-11,17,20-21H,4-5,12-14H2,1H3,(H,25,27)/t20-,21+/m0/s1. The van der Waals surface area contributed by atoms with Gasteiger partial charge in [0.05, 0.1) is 13.0 Å². The summed E-state index contributed by atoms with van der Waals surface area (Å²) in [5.41, 5.74) is 1.86. The second-order valence-corrected chi connectivity index (χ2v) is 7.85. The number of likely N-dealkylation sites (tertiary alicyclic amines) is 1. The van der Waals surface area contributed by atoms with E-state index in [1.54, 1.807) is 19.2 Å². The summed E-state index contributed by atoms with van der Waals surface area (Å²) in [5.74, 6) is 0.300. The molecule has 1 heterocycles. The van der Waals surface area contributed by atoms with E-state index in [2.05, 4.69) is 5.32 Å². The van der Waals surface area contributed by atoms with Gasteiger partial charge >= 0.3 is 0 Å². The molecule has 2 aromatic carbocycles. The van der Waals surface area contributed by atoms with E-state index in [1.165, 1.54) is 12.1 Å². The van der Waals surface area contributed by atoms with Crippen molar-refractivity contribution in [3.8, 4) is 5.75 Å². The maximum Gasteiger partial charge on any atom is 0.225 e. The molecule has 0 aromatic heterocycles. The molecule has 5 nitrogen and oxygen atoms in total. The van der Waals surface area contributed by atoms with Crippen molar-refractivity contribution in [1.29, 1.82) is 0 Å². The van der Waals surface area contributed by atoms with Gasteiger partial charge in [-0.2, -0.15) is 0 Å². The molecule has 29 heavy (non-hydrogen) atoms. The Balaban J connectivity index is 1.49. The molecule has 1 N–H and O–H groups in total. The molecule has 0 unspecified atom stereocenters. The summed E-state index contributed by atoms with van der Waals surface area (Å²) in [6, 6.07) is 13.8. The summed E-state index contributed by atoms with van der Waals surface area (Å²) in [7, 11) is 1.62. The molecule has 4 rings (SSSR count). The molecule has 0 radical (unpaired) electrons. The molecule has 2 aromatic rings. The van der Waals surface area contributed by atoms with Gasteiger partial charge in [0.15, 0.2) is 0 Å². The molecule has 6 heteroatoms. The van der Waals surface area contributed by atoms with Crippen LogP contribution in [0.3, 0.4) is 0 Å². The molecule has 1 saturated heterocycles. The highest BCUT2D eigenvalue weighted by molar-refractivity contribution is 5.85. The van der Waals surface area contributed by atoms with Crippen molar-refractivity contribution in [2.45, 2.75) is 25.3 Å². The Morgan fingerprint density at radius 2 is 1.76 bits per heavy atom. The fourth-order valence-electron chi connectivity index (χ4n) is 3.95. The highest BCUT2D eigenvalue weighted by Crippen LogP contribution is 2.38. The minimum Gasteiger partial charge on any atom is -0.497 e. The predicted octanol–water partition coefficient (Wildman–Crippen LogP) is 3.10. The molecule has 2 atom stereocenters. The van der Waals surface area contributed by atoms with E-state index in [9.17, 15) is 14.0 Å². The highest BCUT2D eigenvalue weighted by atomic mass is 19.1. The Morgan fingerprint density at radius 3 is 2.38 bits per heavy atom. The zero-order valence-electron chi connectivity index (χ0n) is 16.4. The maximum atomic E-state index is 13.1. The number of hydrogen-bond acceptors (Lipinski definition) is 3. The van der Waals surface area contributed by atoms with Crippen molar-refractivity contribution < 1.29 is 18.7 Å². The van der Waals surface area contributed by atoms with Gasteiger partial charge in [-0.25, -0.2) is 4.39 Å². The lowest BCUT2D eigenvalue weighted by Crippen LogP contribution is -2.35. The monoisotopic (exact) mass is 396 g/mol. The van der Waals surface area contributed by atoms with Crippen LogP contribution in [0, 0.1) is 17.7 Å². The van der Waals surface area contributed by atoms with E-state index in [-0.39, 0.29) is 35.4 Å². The smallest absolute Gasteiger partial charge is 0.225 e. The molecular weight excluding hydrogens is 371 g/mol. The number of carbonyl (C=O) groups is 2. The second-order valence-electron chi connectivity index (χ2n) is 7.85. The first-order valence-corrected chi connectivity index (χ1v) is 10.00. The van der Waals surface area contributed by atoms with Crippen LogP contribution < -0.4 is 10.1 Å². The molecule has 2 aliphatic rings. The highest BCUT2D eigenvalue weighted by Gasteiger charge is 2.43. The number of halogens is 1. The lowest BCUT2D eigenvalue weighted by atomic mass is 9.88. The van der Waals surface area contributed by atoms with Crippen molar-refractivity contribution in [2.75, 3.05) is 20.2 Å². The van der Waals surface area contributed by atoms with Gasteiger partial charge in [0, 0.05) is 31.5 Å².